The molecule has 0 aliphatic carbocycles. The number of nitrogens with two attached hydrogens (primary N) is 1. The van der Waals surface area contributed by atoms with E-state index in [1.54, 1.807) is 38.8 Å². The molecule has 3 saturated heterocycles. The highest BCUT2D eigenvalue weighted by atomic mass is 79.9. The largest absolute Gasteiger partial charge is 0.491 e. The molecule has 26 nitrogen and oxygen atoms in total. The van der Waals surface area contributed by atoms with Crippen molar-refractivity contribution in [2.75, 3.05) is 83.2 Å². The summed E-state index contributed by atoms with van der Waals surface area (Å²) in [6.45, 7) is 24.4. The van der Waals surface area contributed by atoms with E-state index >= 15 is 0 Å². The zero-order chi connectivity index (χ0) is 58.8. The minimum Gasteiger partial charge on any atom is -0.491 e. The first kappa shape index (κ1) is 61.0. The second-order valence-electron chi connectivity index (χ2n) is 19.4. The molecule has 3 amide bonds. The van der Waals surface area contributed by atoms with Gasteiger partial charge in [-0.15, -0.1) is 0 Å². The predicted octanol–water partition coefficient (Wildman–Crippen LogP) is 4.03. The van der Waals surface area contributed by atoms with Crippen LogP contribution in [0, 0.1) is 45.2 Å². The van der Waals surface area contributed by atoms with Crippen molar-refractivity contribution in [2.24, 2.45) is 0 Å². The van der Waals surface area contributed by atoms with Crippen molar-refractivity contribution in [1.82, 2.24) is 64.7 Å². The Kier molecular flexibility index (Phi) is 19.8. The van der Waals surface area contributed by atoms with Crippen LogP contribution in [0.3, 0.4) is 0 Å². The molecule has 3 spiro atoms. The van der Waals surface area contributed by atoms with E-state index in [4.69, 9.17) is 33.6 Å². The van der Waals surface area contributed by atoms with E-state index in [1.165, 1.54) is 39.3 Å². The Bertz CT molecular complexity index is 3530. The Labute approximate surface area is 490 Å². The van der Waals surface area contributed by atoms with Crippen LogP contribution in [0.4, 0.5) is 17.3 Å². The van der Waals surface area contributed by atoms with E-state index in [2.05, 4.69) is 104 Å². The van der Waals surface area contributed by atoms with E-state index in [9.17, 15) is 28.8 Å². The number of piperidine rings is 3. The standard InChI is InChI=1S/C19H21N7O3.C14H15BrN4O2.C12H14BrN3O2.C5H7N3O.C2H2BrN/c1-12-8-13(23-16-14(29-3)9-21-10-22-16)18(28)26-15(12)17(27)24-19(26)4-6-25(7-5-19)11-20-2;1-9-7-10(15)13(21)19-11(9)12(20)17-14(19)3-5-18(6-4-14)8-16-2;1-7-6-8(13)11(18)16-9(7)10(17)15-12(16)2-4-14-5-3-12;1-9-4-2-7-3-8-5(4)6;3-1-2-4/h8-10H,4-7,11H2,1,3H3,(H,24,27)(H,21,22,23);7H,3-6,8H2,1H3,(H,17,20);6,14H,2-5H2,1H3,(H,15,17);2-3H,1H3,(H2,6,7,8);1H2. The van der Waals surface area contributed by atoms with Gasteiger partial charge in [0.25, 0.3) is 47.7 Å². The second-order valence-corrected chi connectivity index (χ2v) is 21.7. The van der Waals surface area contributed by atoms with E-state index < -0.39 is 17.0 Å². The number of rotatable bonds is 6. The second kappa shape index (κ2) is 26.3. The monoisotopic (exact) mass is 1300 g/mol. The molecule has 0 bridgehead atoms. The highest BCUT2D eigenvalue weighted by Crippen LogP contribution is 2.37. The lowest BCUT2D eigenvalue weighted by Gasteiger charge is -2.38. The number of methoxy groups -OCH3 is 2. The van der Waals surface area contributed by atoms with Gasteiger partial charge in [-0.2, -0.15) is 5.26 Å². The van der Waals surface area contributed by atoms with Crippen molar-refractivity contribution in [1.29, 1.82) is 5.26 Å². The number of nitriles is 1. The molecule has 0 radical (unpaired) electrons. The summed E-state index contributed by atoms with van der Waals surface area (Å²) in [5.74, 6) is 1.09. The Morgan fingerprint density at radius 2 is 1.06 bits per heavy atom. The van der Waals surface area contributed by atoms with Crippen molar-refractivity contribution in [2.45, 2.75) is 76.3 Å². The van der Waals surface area contributed by atoms with Gasteiger partial charge >= 0.3 is 0 Å². The number of nitrogens with zero attached hydrogens (tertiary/aromatic N) is 12. The van der Waals surface area contributed by atoms with Crippen molar-refractivity contribution in [3.63, 3.8) is 0 Å². The number of amides is 3. The maximum absolute atomic E-state index is 13.4. The fourth-order valence-electron chi connectivity index (χ4n) is 10.7. The molecule has 81 heavy (non-hydrogen) atoms. The predicted molar refractivity (Wildman–Crippen MR) is 309 cm³/mol. The molecule has 0 unspecified atom stereocenters. The van der Waals surface area contributed by atoms with Gasteiger partial charge < -0.3 is 41.8 Å². The first-order valence-corrected chi connectivity index (χ1v) is 28.0. The van der Waals surface area contributed by atoms with E-state index in [1.807, 2.05) is 29.7 Å². The average Bonchev–Trinajstić information content (AvgIpc) is 4.16. The summed E-state index contributed by atoms with van der Waals surface area (Å²) in [4.78, 5) is 102. The quantitative estimate of drug-likeness (QED) is 0.103. The lowest BCUT2D eigenvalue weighted by atomic mass is 9.97. The number of alkyl halides is 1. The van der Waals surface area contributed by atoms with Crippen LogP contribution >= 0.6 is 47.8 Å². The van der Waals surface area contributed by atoms with Crippen molar-refractivity contribution >= 4 is 82.8 Å². The molecule has 29 heteroatoms. The number of aryl methyl sites for hydroxylation is 3. The van der Waals surface area contributed by atoms with Crippen LogP contribution in [0.15, 0.2) is 66.6 Å². The van der Waals surface area contributed by atoms with Crippen molar-refractivity contribution in [3.05, 3.63) is 140 Å². The van der Waals surface area contributed by atoms with E-state index in [0.29, 0.717) is 131 Å². The number of aromatic nitrogens is 7. The normalized spacial score (nSPS) is 17.4. The lowest BCUT2D eigenvalue weighted by molar-refractivity contribution is 0.0764. The van der Waals surface area contributed by atoms with Crippen LogP contribution in [0.1, 0.15) is 86.7 Å². The van der Waals surface area contributed by atoms with Gasteiger partial charge in [0, 0.05) is 64.7 Å². The number of nitrogen functional groups attached to an aromatic ring is 1. The van der Waals surface area contributed by atoms with Gasteiger partial charge in [0.1, 0.15) is 52.4 Å². The zero-order valence-electron chi connectivity index (χ0n) is 45.0. The number of hydrogen-bond donors (Lipinski definition) is 6. The molecule has 5 aromatic heterocycles. The Hall–Kier alpha value is -7.59. The van der Waals surface area contributed by atoms with Gasteiger partial charge in [0.2, 0.25) is 0 Å². The first-order chi connectivity index (χ1) is 38.8. The summed E-state index contributed by atoms with van der Waals surface area (Å²) < 4.78 is 15.9. The van der Waals surface area contributed by atoms with Gasteiger partial charge in [-0.05, 0) is 101 Å². The minimum atomic E-state index is -0.778. The number of fused-ring (bicyclic) bond motifs is 6. The number of carbonyl (C=O) groups is 3. The number of halogens is 3. The van der Waals surface area contributed by atoms with Crippen molar-refractivity contribution in [3.8, 4) is 17.6 Å². The molecular weight excluding hydrogens is 1240 g/mol. The van der Waals surface area contributed by atoms with Crippen LogP contribution in [0.2, 0.25) is 0 Å². The van der Waals surface area contributed by atoms with Gasteiger partial charge in [0.05, 0.1) is 47.0 Å². The zero-order valence-corrected chi connectivity index (χ0v) is 49.7. The molecular formula is C52H59Br3N18O8. The number of ether oxygens (including phenoxy) is 2. The smallest absolute Gasteiger partial charge is 0.276 e. The molecule has 0 saturated carbocycles. The maximum Gasteiger partial charge on any atom is 0.276 e. The summed E-state index contributed by atoms with van der Waals surface area (Å²) in [5, 5.41) is 23.3. The number of hydrogen-bond acceptors (Lipinski definition) is 18. The molecule has 11 heterocycles. The topological polar surface area (TPSA) is 312 Å². The number of anilines is 3. The summed E-state index contributed by atoms with van der Waals surface area (Å²) in [7, 11) is 3.02. The minimum absolute atomic E-state index is 0.129. The number of carbonyl (C=O) groups excluding carboxylic acids is 3. The Balaban J connectivity index is 0.000000161. The molecule has 426 valence electrons. The lowest BCUT2D eigenvalue weighted by Crippen LogP contribution is -2.54. The van der Waals surface area contributed by atoms with Crippen LogP contribution in [-0.4, -0.2) is 133 Å². The molecule has 0 atom stereocenters. The summed E-state index contributed by atoms with van der Waals surface area (Å²) >= 11 is 9.45. The van der Waals surface area contributed by atoms with Crippen LogP contribution in [0.25, 0.3) is 9.69 Å². The SMILES string of the molecule is COc1cncnc1N.Cc1cc(Br)c(=O)n2c1C(=O)NC21CCNCC1.N#CCBr.[C-]#[N+]CN1CCC2(CC1)NC(=O)c1c(C)cc(Br)c(=O)n12.[C-]#[N+]CN1CCC2(CC1)NC(=O)c1c(C)cc(Nc3ncncc3OC)c(=O)n12. The summed E-state index contributed by atoms with van der Waals surface area (Å²) in [6.07, 6.45) is 9.62. The molecule has 3 fully saturated rings. The highest BCUT2D eigenvalue weighted by molar-refractivity contribution is 9.10. The molecule has 7 N–H and O–H groups in total. The Morgan fingerprint density at radius 3 is 1.46 bits per heavy atom. The number of pyridine rings is 3. The van der Waals surface area contributed by atoms with Crippen LogP contribution in [-0.2, 0) is 17.0 Å². The van der Waals surface area contributed by atoms with Gasteiger partial charge in [-0.25, -0.2) is 42.9 Å². The van der Waals surface area contributed by atoms with Crippen LogP contribution in [0.5, 0.6) is 11.5 Å². The summed E-state index contributed by atoms with van der Waals surface area (Å²) in [5.41, 5.74) is 6.76. The van der Waals surface area contributed by atoms with Gasteiger partial charge in [-0.3, -0.25) is 52.2 Å². The van der Waals surface area contributed by atoms with E-state index in [0.717, 1.165) is 37.1 Å². The third-order valence-electron chi connectivity index (χ3n) is 14.5. The van der Waals surface area contributed by atoms with E-state index in [-0.39, 0.29) is 34.4 Å². The number of nitrogens with one attached hydrogen (secondary N) is 5. The molecule has 11 rings (SSSR count). The highest BCUT2D eigenvalue weighted by Gasteiger charge is 2.49. The third-order valence-corrected chi connectivity index (χ3v) is 15.9. The fraction of sp³-hybridized carbons (Fsp3) is 0.442. The molecule has 5 aromatic rings. The van der Waals surface area contributed by atoms with Crippen molar-refractivity contribution < 1.29 is 23.9 Å². The third kappa shape index (κ3) is 12.7. The maximum atomic E-state index is 13.4. The fourth-order valence-corrected chi connectivity index (χ4v) is 11.7. The average molecular weight is 1300 g/mol. The van der Waals surface area contributed by atoms with Crippen LogP contribution < -0.4 is 58.5 Å². The Morgan fingerprint density at radius 1 is 0.667 bits per heavy atom. The molecule has 6 aliphatic heterocycles. The summed E-state index contributed by atoms with van der Waals surface area (Å²) in [6, 6.07) is 6.91. The molecule has 6 aliphatic rings. The molecule has 0 aromatic carbocycles. The number of likely N-dealkylation sites (tertiary alicyclic amines) is 2. The first-order valence-electron chi connectivity index (χ1n) is 25.3. The van der Waals surface area contributed by atoms with Gasteiger partial charge in [0.15, 0.2) is 23.1 Å². The van der Waals surface area contributed by atoms with Gasteiger partial charge in [-0.1, -0.05) is 15.9 Å².